The molecule has 0 amide bonds. The van der Waals surface area contributed by atoms with Crippen LogP contribution >= 0.6 is 11.5 Å². The normalized spacial score (nSPS) is 27.8. The summed E-state index contributed by atoms with van der Waals surface area (Å²) in [6, 6.07) is 0. The Kier molecular flexibility index (Phi) is 1.93. The first-order chi connectivity index (χ1) is 7.85. The molecule has 0 bridgehead atoms. The molecule has 1 N–H and O–H groups in total. The second kappa shape index (κ2) is 3.24. The Balaban J connectivity index is 1.41. The van der Waals surface area contributed by atoms with E-state index in [4.69, 9.17) is 0 Å². The number of aromatic nitrogens is 2. The summed E-state index contributed by atoms with van der Waals surface area (Å²) in [7, 11) is 0. The van der Waals surface area contributed by atoms with Crippen molar-refractivity contribution in [3.63, 3.8) is 0 Å². The van der Waals surface area contributed by atoms with Gasteiger partial charge in [0.2, 0.25) is 0 Å². The zero-order valence-corrected chi connectivity index (χ0v) is 10.1. The topological polar surface area (TPSA) is 41.1 Å². The molecule has 1 aliphatic carbocycles. The van der Waals surface area contributed by atoms with Crippen LogP contribution in [0.15, 0.2) is 0 Å². The minimum absolute atomic E-state index is 0.637. The average Bonchev–Trinajstić information content (AvgIpc) is 2.89. The predicted molar refractivity (Wildman–Crippen MR) is 62.5 cm³/mol. The van der Waals surface area contributed by atoms with Gasteiger partial charge in [-0.1, -0.05) is 4.49 Å². The van der Waals surface area contributed by atoms with Crippen molar-refractivity contribution in [3.05, 3.63) is 10.6 Å². The van der Waals surface area contributed by atoms with Crippen molar-refractivity contribution in [1.82, 2.24) is 19.8 Å². The van der Waals surface area contributed by atoms with Gasteiger partial charge in [-0.15, -0.1) is 5.10 Å². The number of likely N-dealkylation sites (tertiary alicyclic amines) is 1. The zero-order chi connectivity index (χ0) is 10.6. The summed E-state index contributed by atoms with van der Waals surface area (Å²) in [5.41, 5.74) is 1.94. The first kappa shape index (κ1) is 9.50. The smallest absolute Gasteiger partial charge is 0.0831 e. The summed E-state index contributed by atoms with van der Waals surface area (Å²) in [4.78, 5) is 3.96. The van der Waals surface area contributed by atoms with Gasteiger partial charge in [0, 0.05) is 44.1 Å². The van der Waals surface area contributed by atoms with Crippen LogP contribution in [-0.2, 0) is 6.54 Å². The lowest BCUT2D eigenvalue weighted by atomic mass is 9.74. The maximum atomic E-state index is 4.29. The Morgan fingerprint density at radius 1 is 1.38 bits per heavy atom. The van der Waals surface area contributed by atoms with Crippen molar-refractivity contribution in [1.29, 1.82) is 0 Å². The number of nitrogens with zero attached hydrogens (tertiary/aromatic N) is 3. The van der Waals surface area contributed by atoms with Crippen molar-refractivity contribution in [3.8, 4) is 0 Å². The molecule has 4 nitrogen and oxygen atoms in total. The molecule has 1 aromatic rings. The van der Waals surface area contributed by atoms with Gasteiger partial charge in [0.25, 0.3) is 0 Å². The number of nitrogens with one attached hydrogen (secondary N) is 1. The third-order valence-electron chi connectivity index (χ3n) is 4.03. The molecular weight excluding hydrogens is 220 g/mol. The molecule has 2 aliphatic heterocycles. The summed E-state index contributed by atoms with van der Waals surface area (Å²) in [5, 5.41) is 7.66. The third kappa shape index (κ3) is 1.42. The maximum absolute atomic E-state index is 4.29. The fourth-order valence-electron chi connectivity index (χ4n) is 2.91. The Morgan fingerprint density at radius 2 is 2.19 bits per heavy atom. The fraction of sp³-hybridized carbons (Fsp3) is 0.818. The van der Waals surface area contributed by atoms with Gasteiger partial charge in [0.05, 0.1) is 10.6 Å². The van der Waals surface area contributed by atoms with E-state index in [-0.39, 0.29) is 0 Å². The monoisotopic (exact) mass is 236 g/mol. The highest BCUT2D eigenvalue weighted by atomic mass is 32.1. The number of hydrogen-bond acceptors (Lipinski definition) is 5. The van der Waals surface area contributed by atoms with Crippen LogP contribution in [0.25, 0.3) is 0 Å². The van der Waals surface area contributed by atoms with Gasteiger partial charge in [-0.2, -0.15) is 0 Å². The zero-order valence-electron chi connectivity index (χ0n) is 9.28. The largest absolute Gasteiger partial charge is 0.315 e. The van der Waals surface area contributed by atoms with Crippen LogP contribution in [0.1, 0.15) is 29.3 Å². The van der Waals surface area contributed by atoms with Gasteiger partial charge in [-0.3, -0.25) is 4.90 Å². The molecule has 0 atom stereocenters. The van der Waals surface area contributed by atoms with Crippen molar-refractivity contribution >= 4 is 11.5 Å². The van der Waals surface area contributed by atoms with Crippen molar-refractivity contribution in [2.45, 2.75) is 25.3 Å². The minimum Gasteiger partial charge on any atom is -0.315 e. The van der Waals surface area contributed by atoms with E-state index in [0.717, 1.165) is 12.5 Å². The van der Waals surface area contributed by atoms with Crippen LogP contribution in [0.5, 0.6) is 0 Å². The lowest BCUT2D eigenvalue weighted by Crippen LogP contribution is -2.70. The van der Waals surface area contributed by atoms with E-state index >= 15 is 0 Å². The highest BCUT2D eigenvalue weighted by Gasteiger charge is 2.47. The molecule has 0 aromatic carbocycles. The van der Waals surface area contributed by atoms with E-state index in [0.29, 0.717) is 5.41 Å². The van der Waals surface area contributed by atoms with Crippen LogP contribution in [0.3, 0.4) is 0 Å². The lowest BCUT2D eigenvalue weighted by molar-refractivity contribution is -0.0440. The molecule has 3 heterocycles. The molecular formula is C11H16N4S. The first-order valence-electron chi connectivity index (χ1n) is 6.09. The third-order valence-corrected chi connectivity index (χ3v) is 4.76. The molecule has 1 aromatic heterocycles. The van der Waals surface area contributed by atoms with E-state index in [1.165, 1.54) is 49.6 Å². The van der Waals surface area contributed by atoms with Crippen molar-refractivity contribution in [2.75, 3.05) is 26.2 Å². The quantitative estimate of drug-likeness (QED) is 0.843. The Labute approximate surface area is 99.2 Å². The molecule has 5 heteroatoms. The van der Waals surface area contributed by atoms with Gasteiger partial charge in [-0.25, -0.2) is 0 Å². The SMILES string of the molecule is C1CC1c1nnsc1CN1CC2(CNC2)C1. The van der Waals surface area contributed by atoms with Gasteiger partial charge in [0.1, 0.15) is 0 Å². The Morgan fingerprint density at radius 3 is 2.81 bits per heavy atom. The van der Waals surface area contributed by atoms with E-state index in [2.05, 4.69) is 19.8 Å². The standard InChI is InChI=1S/C11H16N4S/c1-2-8(1)10-9(16-14-13-10)3-15-6-11(7-15)4-12-5-11/h8,12H,1-7H2. The van der Waals surface area contributed by atoms with E-state index in [9.17, 15) is 0 Å². The highest BCUT2D eigenvalue weighted by molar-refractivity contribution is 7.05. The van der Waals surface area contributed by atoms with Crippen molar-refractivity contribution in [2.24, 2.45) is 5.41 Å². The molecule has 2 saturated heterocycles. The minimum atomic E-state index is 0.637. The molecule has 0 radical (unpaired) electrons. The average molecular weight is 236 g/mol. The molecule has 3 fully saturated rings. The molecule has 86 valence electrons. The molecule has 16 heavy (non-hydrogen) atoms. The molecule has 4 rings (SSSR count). The van der Waals surface area contributed by atoms with Gasteiger partial charge >= 0.3 is 0 Å². The summed E-state index contributed by atoms with van der Waals surface area (Å²) < 4.78 is 4.12. The highest BCUT2D eigenvalue weighted by Crippen LogP contribution is 2.42. The first-order valence-corrected chi connectivity index (χ1v) is 6.86. The van der Waals surface area contributed by atoms with E-state index in [1.807, 2.05) is 0 Å². The van der Waals surface area contributed by atoms with Gasteiger partial charge in [-0.05, 0) is 24.4 Å². The summed E-state index contributed by atoms with van der Waals surface area (Å²) in [6.45, 7) is 6.06. The van der Waals surface area contributed by atoms with Crippen molar-refractivity contribution < 1.29 is 0 Å². The van der Waals surface area contributed by atoms with Crippen LogP contribution in [-0.4, -0.2) is 40.7 Å². The molecule has 1 spiro atoms. The summed E-state index contributed by atoms with van der Waals surface area (Å²) in [5.74, 6) is 0.745. The Hall–Kier alpha value is -0.520. The molecule has 1 saturated carbocycles. The van der Waals surface area contributed by atoms with Crippen LogP contribution in [0.2, 0.25) is 0 Å². The van der Waals surface area contributed by atoms with Crippen LogP contribution < -0.4 is 5.32 Å². The maximum Gasteiger partial charge on any atom is 0.0831 e. The van der Waals surface area contributed by atoms with E-state index < -0.39 is 0 Å². The number of hydrogen-bond donors (Lipinski definition) is 1. The van der Waals surface area contributed by atoms with Gasteiger partial charge < -0.3 is 5.32 Å². The predicted octanol–water partition coefficient (Wildman–Crippen LogP) is 0.821. The second-order valence-electron chi connectivity index (χ2n) is 5.60. The lowest BCUT2D eigenvalue weighted by Gasteiger charge is -2.56. The second-order valence-corrected chi connectivity index (χ2v) is 6.44. The van der Waals surface area contributed by atoms with Crippen LogP contribution in [0.4, 0.5) is 0 Å². The summed E-state index contributed by atoms with van der Waals surface area (Å²) in [6.07, 6.45) is 2.65. The van der Waals surface area contributed by atoms with E-state index in [1.54, 1.807) is 11.5 Å². The number of rotatable bonds is 3. The summed E-state index contributed by atoms with van der Waals surface area (Å²) >= 11 is 1.60. The van der Waals surface area contributed by atoms with Crippen LogP contribution in [0, 0.1) is 5.41 Å². The van der Waals surface area contributed by atoms with Gasteiger partial charge in [0.15, 0.2) is 0 Å². The molecule has 0 unspecified atom stereocenters. The molecule has 3 aliphatic rings. The Bertz CT molecular complexity index is 400. The fourth-order valence-corrected chi connectivity index (χ4v) is 3.68.